The fourth-order valence-electron chi connectivity index (χ4n) is 3.62. The van der Waals surface area contributed by atoms with E-state index in [2.05, 4.69) is 4.98 Å². The van der Waals surface area contributed by atoms with Gasteiger partial charge < -0.3 is 14.7 Å². The van der Waals surface area contributed by atoms with E-state index in [9.17, 15) is 9.90 Å². The lowest BCUT2D eigenvalue weighted by atomic mass is 9.85. The first-order valence-corrected chi connectivity index (χ1v) is 10.5. The number of carbonyl (C=O) groups excluding carboxylic acids is 1. The molecule has 0 radical (unpaired) electrons. The molecule has 2 aliphatic heterocycles. The van der Waals surface area contributed by atoms with Crippen molar-refractivity contribution in [2.24, 2.45) is 0 Å². The molecule has 3 heterocycles. The molecule has 0 aliphatic carbocycles. The fraction of sp³-hybridized carbons (Fsp3) is 0.429. The number of amides is 1. The maximum absolute atomic E-state index is 12.8. The Labute approximate surface area is 163 Å². The Morgan fingerprint density at radius 1 is 1.22 bits per heavy atom. The molecule has 1 N–H and O–H groups in total. The third-order valence-electron chi connectivity index (χ3n) is 5.34. The van der Waals surface area contributed by atoms with Gasteiger partial charge in [-0.3, -0.25) is 9.78 Å². The molecule has 2 aliphatic rings. The lowest BCUT2D eigenvalue weighted by Crippen LogP contribution is -2.45. The zero-order valence-corrected chi connectivity index (χ0v) is 16.2. The number of aromatic nitrogens is 1. The van der Waals surface area contributed by atoms with Gasteiger partial charge >= 0.3 is 0 Å². The number of piperidine rings is 1. The molecule has 0 unspecified atom stereocenters. The third kappa shape index (κ3) is 3.82. The number of benzene rings is 1. The minimum Gasteiger partial charge on any atom is -0.489 e. The van der Waals surface area contributed by atoms with Crippen LogP contribution in [-0.4, -0.2) is 51.6 Å². The third-order valence-corrected chi connectivity index (χ3v) is 6.55. The van der Waals surface area contributed by atoms with Gasteiger partial charge in [-0.2, -0.15) is 11.8 Å². The van der Waals surface area contributed by atoms with E-state index in [4.69, 9.17) is 4.74 Å². The molecular formula is C21H24N2O3S. The first-order valence-electron chi connectivity index (χ1n) is 9.33. The average molecular weight is 385 g/mol. The van der Waals surface area contributed by atoms with Gasteiger partial charge in [0.15, 0.2) is 0 Å². The van der Waals surface area contributed by atoms with Crippen LogP contribution >= 0.6 is 11.8 Å². The number of carbonyl (C=O) groups is 1. The molecule has 0 saturated carbocycles. The molecule has 2 fully saturated rings. The van der Waals surface area contributed by atoms with Crippen LogP contribution in [0.4, 0.5) is 0 Å². The minimum absolute atomic E-state index is 0.000502. The molecule has 0 atom stereocenters. The van der Waals surface area contributed by atoms with Crippen molar-refractivity contribution in [3.8, 4) is 5.75 Å². The van der Waals surface area contributed by atoms with Gasteiger partial charge in [0.25, 0.3) is 5.91 Å². The van der Waals surface area contributed by atoms with E-state index in [1.54, 1.807) is 6.20 Å². The Morgan fingerprint density at radius 2 is 1.93 bits per heavy atom. The molecule has 0 bridgehead atoms. The molecular weight excluding hydrogens is 360 g/mol. The molecule has 0 spiro atoms. The van der Waals surface area contributed by atoms with E-state index in [1.165, 1.54) is 0 Å². The second kappa shape index (κ2) is 7.52. The maximum Gasteiger partial charge on any atom is 0.253 e. The van der Waals surface area contributed by atoms with Crippen molar-refractivity contribution in [2.45, 2.75) is 31.5 Å². The molecule has 1 amide bonds. The normalized spacial score (nSPS) is 19.4. The van der Waals surface area contributed by atoms with E-state index < -0.39 is 5.60 Å². The van der Waals surface area contributed by atoms with E-state index in [0.717, 1.165) is 28.5 Å². The number of rotatable bonds is 4. The standard InChI is InChI=1S/C21H24N2O3S/c1-15-3-2-10-22-19(15)21(25)8-11-23(12-9-21)20(24)16-4-6-17(7-5-16)26-18-13-27-14-18/h2-7,10,18,25H,8-9,11-14H2,1H3. The van der Waals surface area contributed by atoms with E-state index in [1.807, 2.05) is 60.0 Å². The van der Waals surface area contributed by atoms with Crippen LogP contribution in [0.1, 0.15) is 34.5 Å². The predicted octanol–water partition coefficient (Wildman–Crippen LogP) is 3.01. The summed E-state index contributed by atoms with van der Waals surface area (Å²) in [6.07, 6.45) is 3.00. The number of pyridine rings is 1. The highest BCUT2D eigenvalue weighted by Crippen LogP contribution is 2.33. The van der Waals surface area contributed by atoms with Gasteiger partial charge in [0, 0.05) is 36.4 Å². The van der Waals surface area contributed by atoms with Crippen molar-refractivity contribution in [1.29, 1.82) is 0 Å². The summed E-state index contributed by atoms with van der Waals surface area (Å²) in [5.74, 6) is 2.89. The number of hydrogen-bond acceptors (Lipinski definition) is 5. The zero-order chi connectivity index (χ0) is 18.9. The molecule has 2 saturated heterocycles. The largest absolute Gasteiger partial charge is 0.489 e. The van der Waals surface area contributed by atoms with Crippen molar-refractivity contribution in [3.63, 3.8) is 0 Å². The molecule has 1 aromatic heterocycles. The fourth-order valence-corrected chi connectivity index (χ4v) is 4.19. The maximum atomic E-state index is 12.8. The van der Waals surface area contributed by atoms with Crippen LogP contribution < -0.4 is 4.74 Å². The van der Waals surface area contributed by atoms with Crippen LogP contribution in [0, 0.1) is 6.92 Å². The highest BCUT2D eigenvalue weighted by atomic mass is 32.2. The summed E-state index contributed by atoms with van der Waals surface area (Å²) in [4.78, 5) is 19.0. The molecule has 5 nitrogen and oxygen atoms in total. The summed E-state index contributed by atoms with van der Waals surface area (Å²) in [6.45, 7) is 3.00. The Hall–Kier alpha value is -2.05. The quantitative estimate of drug-likeness (QED) is 0.878. The molecule has 2 aromatic rings. The summed E-state index contributed by atoms with van der Waals surface area (Å²) in [5.41, 5.74) is 1.42. The lowest BCUT2D eigenvalue weighted by molar-refractivity contribution is -0.0248. The van der Waals surface area contributed by atoms with Crippen molar-refractivity contribution >= 4 is 17.7 Å². The first-order chi connectivity index (χ1) is 13.0. The van der Waals surface area contributed by atoms with Crippen LogP contribution in [0.5, 0.6) is 5.75 Å². The number of aryl methyl sites for hydroxylation is 1. The van der Waals surface area contributed by atoms with Crippen LogP contribution in [0.3, 0.4) is 0 Å². The SMILES string of the molecule is Cc1cccnc1C1(O)CCN(C(=O)c2ccc(OC3CSC3)cc2)CC1. The summed E-state index contributed by atoms with van der Waals surface area (Å²) in [5, 5.41) is 11.0. The van der Waals surface area contributed by atoms with E-state index in [0.29, 0.717) is 37.6 Å². The predicted molar refractivity (Wildman–Crippen MR) is 106 cm³/mol. The number of hydrogen-bond donors (Lipinski definition) is 1. The molecule has 1 aromatic carbocycles. The van der Waals surface area contributed by atoms with Crippen LogP contribution in [0.2, 0.25) is 0 Å². The van der Waals surface area contributed by atoms with Crippen molar-refractivity contribution in [2.75, 3.05) is 24.6 Å². The summed E-state index contributed by atoms with van der Waals surface area (Å²) >= 11 is 1.88. The molecule has 142 valence electrons. The number of aliphatic hydroxyl groups is 1. The van der Waals surface area contributed by atoms with E-state index in [-0.39, 0.29) is 5.91 Å². The van der Waals surface area contributed by atoms with Gasteiger partial charge in [0.1, 0.15) is 17.5 Å². The highest BCUT2D eigenvalue weighted by molar-refractivity contribution is 8.00. The average Bonchev–Trinajstić information content (AvgIpc) is 2.65. The first kappa shape index (κ1) is 18.3. The van der Waals surface area contributed by atoms with Crippen molar-refractivity contribution < 1.29 is 14.6 Å². The number of likely N-dealkylation sites (tertiary alicyclic amines) is 1. The zero-order valence-electron chi connectivity index (χ0n) is 15.4. The Kier molecular flexibility index (Phi) is 5.10. The Bertz CT molecular complexity index is 812. The second-order valence-electron chi connectivity index (χ2n) is 7.29. The summed E-state index contributed by atoms with van der Waals surface area (Å²) in [6, 6.07) is 11.2. The van der Waals surface area contributed by atoms with Crippen LogP contribution in [0.15, 0.2) is 42.6 Å². The molecule has 4 rings (SSSR count). The molecule has 27 heavy (non-hydrogen) atoms. The Balaban J connectivity index is 1.39. The van der Waals surface area contributed by atoms with Gasteiger partial charge in [0.2, 0.25) is 0 Å². The Morgan fingerprint density at radius 3 is 2.52 bits per heavy atom. The number of nitrogens with zero attached hydrogens (tertiary/aromatic N) is 2. The van der Waals surface area contributed by atoms with Gasteiger partial charge in [-0.15, -0.1) is 0 Å². The van der Waals surface area contributed by atoms with Gasteiger partial charge in [-0.25, -0.2) is 0 Å². The monoisotopic (exact) mass is 384 g/mol. The number of thioether (sulfide) groups is 1. The van der Waals surface area contributed by atoms with Crippen molar-refractivity contribution in [1.82, 2.24) is 9.88 Å². The molecule has 6 heteroatoms. The van der Waals surface area contributed by atoms with Crippen LogP contribution in [0.25, 0.3) is 0 Å². The highest BCUT2D eigenvalue weighted by Gasteiger charge is 2.37. The minimum atomic E-state index is -0.958. The summed E-state index contributed by atoms with van der Waals surface area (Å²) < 4.78 is 5.83. The summed E-state index contributed by atoms with van der Waals surface area (Å²) in [7, 11) is 0. The number of ether oxygens (including phenoxy) is 1. The van der Waals surface area contributed by atoms with Gasteiger partial charge in [-0.05, 0) is 55.7 Å². The van der Waals surface area contributed by atoms with Gasteiger partial charge in [0.05, 0.1) is 5.69 Å². The van der Waals surface area contributed by atoms with E-state index >= 15 is 0 Å². The second-order valence-corrected chi connectivity index (χ2v) is 8.37. The topological polar surface area (TPSA) is 62.7 Å². The smallest absolute Gasteiger partial charge is 0.253 e. The lowest BCUT2D eigenvalue weighted by Gasteiger charge is -2.38. The van der Waals surface area contributed by atoms with Crippen LogP contribution in [-0.2, 0) is 5.60 Å². The van der Waals surface area contributed by atoms with Crippen molar-refractivity contribution in [3.05, 3.63) is 59.4 Å². The van der Waals surface area contributed by atoms with Gasteiger partial charge in [-0.1, -0.05) is 6.07 Å².